The smallest absolute Gasteiger partial charge is 0.317 e. The molecule has 0 radical (unpaired) electrons. The third-order valence-corrected chi connectivity index (χ3v) is 7.09. The second kappa shape index (κ2) is 8.31. The van der Waals surface area contributed by atoms with Crippen molar-refractivity contribution in [1.82, 2.24) is 14.5 Å². The van der Waals surface area contributed by atoms with Gasteiger partial charge in [0.1, 0.15) is 0 Å². The van der Waals surface area contributed by atoms with Crippen LogP contribution in [0, 0.1) is 10.1 Å². The number of carbonyl (C=O) groups is 1. The second-order valence-corrected chi connectivity index (χ2v) is 8.85. The Morgan fingerprint density at radius 2 is 1.86 bits per heavy atom. The number of hydrogen-bond acceptors (Lipinski definition) is 6. The van der Waals surface area contributed by atoms with Crippen molar-refractivity contribution < 1.29 is 22.9 Å². The van der Waals surface area contributed by atoms with Gasteiger partial charge in [0, 0.05) is 38.3 Å². The zero-order valence-electron chi connectivity index (χ0n) is 15.7. The van der Waals surface area contributed by atoms with Crippen LogP contribution in [-0.2, 0) is 10.0 Å². The number of hydrogen-bond donors (Lipinski definition) is 1. The summed E-state index contributed by atoms with van der Waals surface area (Å²) in [5.74, 6) is -0.00245. The third kappa shape index (κ3) is 4.20. The summed E-state index contributed by atoms with van der Waals surface area (Å²) in [4.78, 5) is 24.3. The van der Waals surface area contributed by atoms with Crippen LogP contribution in [0.3, 0.4) is 0 Å². The van der Waals surface area contributed by atoms with Crippen molar-refractivity contribution in [1.29, 1.82) is 0 Å². The minimum absolute atomic E-state index is 0.00245. The van der Waals surface area contributed by atoms with E-state index in [0.29, 0.717) is 0 Å². The molecule has 1 saturated carbocycles. The molecular weight excluding hydrogens is 388 g/mol. The Morgan fingerprint density at radius 1 is 1.21 bits per heavy atom. The number of sulfonamides is 1. The number of ether oxygens (including phenoxy) is 1. The summed E-state index contributed by atoms with van der Waals surface area (Å²) in [5.41, 5.74) is -0.404. The number of nitrogens with one attached hydrogen (secondary N) is 1. The molecule has 1 aliphatic carbocycles. The van der Waals surface area contributed by atoms with Crippen LogP contribution in [0.5, 0.6) is 5.75 Å². The van der Waals surface area contributed by atoms with Gasteiger partial charge in [-0.15, -0.1) is 0 Å². The molecule has 1 N–H and O–H groups in total. The van der Waals surface area contributed by atoms with Gasteiger partial charge in [-0.2, -0.15) is 4.31 Å². The Labute approximate surface area is 163 Å². The van der Waals surface area contributed by atoms with Gasteiger partial charge in [-0.1, -0.05) is 12.8 Å². The van der Waals surface area contributed by atoms with E-state index in [1.807, 2.05) is 0 Å². The van der Waals surface area contributed by atoms with E-state index in [-0.39, 0.29) is 48.9 Å². The minimum atomic E-state index is -3.90. The highest BCUT2D eigenvalue weighted by atomic mass is 32.2. The van der Waals surface area contributed by atoms with E-state index >= 15 is 0 Å². The van der Waals surface area contributed by atoms with Crippen LogP contribution in [-0.4, -0.2) is 67.9 Å². The van der Waals surface area contributed by atoms with Crippen molar-refractivity contribution in [2.24, 2.45) is 0 Å². The van der Waals surface area contributed by atoms with Crippen LogP contribution < -0.4 is 10.1 Å². The zero-order chi connectivity index (χ0) is 20.3. The van der Waals surface area contributed by atoms with E-state index in [0.717, 1.165) is 31.7 Å². The van der Waals surface area contributed by atoms with Gasteiger partial charge in [0.2, 0.25) is 10.0 Å². The molecule has 2 amide bonds. The predicted molar refractivity (Wildman–Crippen MR) is 101 cm³/mol. The number of amides is 2. The molecule has 28 heavy (non-hydrogen) atoms. The number of nitrogens with zero attached hydrogens (tertiary/aromatic N) is 3. The van der Waals surface area contributed by atoms with Gasteiger partial charge in [0.25, 0.3) is 0 Å². The summed E-state index contributed by atoms with van der Waals surface area (Å²) >= 11 is 0. The number of carbonyl (C=O) groups excluding carboxylic acids is 1. The van der Waals surface area contributed by atoms with Crippen molar-refractivity contribution in [2.75, 3.05) is 33.3 Å². The fourth-order valence-corrected chi connectivity index (χ4v) is 5.03. The molecule has 1 aliphatic heterocycles. The topological polar surface area (TPSA) is 122 Å². The van der Waals surface area contributed by atoms with Crippen molar-refractivity contribution in [2.45, 2.75) is 36.6 Å². The average molecular weight is 412 g/mol. The van der Waals surface area contributed by atoms with Crippen molar-refractivity contribution in [3.63, 3.8) is 0 Å². The molecular formula is C17H24N4O6S. The highest BCUT2D eigenvalue weighted by Gasteiger charge is 2.32. The normalized spacial score (nSPS) is 18.8. The van der Waals surface area contributed by atoms with Gasteiger partial charge >= 0.3 is 11.7 Å². The number of methoxy groups -OCH3 is 1. The van der Waals surface area contributed by atoms with Gasteiger partial charge < -0.3 is 15.0 Å². The summed E-state index contributed by atoms with van der Waals surface area (Å²) in [6, 6.07) is 3.61. The van der Waals surface area contributed by atoms with Crippen molar-refractivity contribution >= 4 is 21.7 Å². The lowest BCUT2D eigenvalue weighted by Gasteiger charge is -2.34. The quantitative estimate of drug-likeness (QED) is 0.578. The SMILES string of the molecule is COc1ccc(S(=O)(=O)N2CCN(C(=O)NC3CCCC3)CC2)cc1[N+](=O)[O-]. The van der Waals surface area contributed by atoms with E-state index in [9.17, 15) is 23.3 Å². The summed E-state index contributed by atoms with van der Waals surface area (Å²) in [5, 5.41) is 14.2. The molecule has 3 rings (SSSR count). The van der Waals surface area contributed by atoms with E-state index < -0.39 is 20.6 Å². The monoisotopic (exact) mass is 412 g/mol. The number of nitro groups is 1. The van der Waals surface area contributed by atoms with Crippen LogP contribution in [0.25, 0.3) is 0 Å². The average Bonchev–Trinajstić information content (AvgIpc) is 3.20. The maximum atomic E-state index is 12.9. The Morgan fingerprint density at radius 3 is 2.43 bits per heavy atom. The molecule has 1 saturated heterocycles. The predicted octanol–water partition coefficient (Wildman–Crippen LogP) is 1.56. The molecule has 0 spiro atoms. The van der Waals surface area contributed by atoms with Crippen LogP contribution in [0.4, 0.5) is 10.5 Å². The lowest BCUT2D eigenvalue weighted by molar-refractivity contribution is -0.386. The van der Waals surface area contributed by atoms with Crippen LogP contribution in [0.2, 0.25) is 0 Å². The Kier molecular flexibility index (Phi) is 6.04. The third-order valence-electron chi connectivity index (χ3n) is 5.19. The molecule has 11 heteroatoms. The summed E-state index contributed by atoms with van der Waals surface area (Å²) in [6.07, 6.45) is 4.20. The van der Waals surface area contributed by atoms with Gasteiger partial charge in [-0.05, 0) is 25.0 Å². The first-order valence-electron chi connectivity index (χ1n) is 9.21. The first kappa shape index (κ1) is 20.3. The summed E-state index contributed by atoms with van der Waals surface area (Å²) in [7, 11) is -2.62. The number of benzene rings is 1. The molecule has 154 valence electrons. The number of urea groups is 1. The molecule has 0 aromatic heterocycles. The highest BCUT2D eigenvalue weighted by molar-refractivity contribution is 7.89. The summed E-state index contributed by atoms with van der Waals surface area (Å²) in [6.45, 7) is 0.826. The molecule has 0 unspecified atom stereocenters. The second-order valence-electron chi connectivity index (χ2n) is 6.91. The first-order chi connectivity index (χ1) is 13.3. The van der Waals surface area contributed by atoms with E-state index in [2.05, 4.69) is 5.32 Å². The lowest BCUT2D eigenvalue weighted by Crippen LogP contribution is -2.54. The largest absolute Gasteiger partial charge is 0.490 e. The zero-order valence-corrected chi connectivity index (χ0v) is 16.5. The van der Waals surface area contributed by atoms with E-state index in [1.54, 1.807) is 4.90 Å². The molecule has 10 nitrogen and oxygen atoms in total. The minimum Gasteiger partial charge on any atom is -0.490 e. The maximum Gasteiger partial charge on any atom is 0.317 e. The molecule has 0 atom stereocenters. The number of nitro benzene ring substituents is 1. The highest BCUT2D eigenvalue weighted by Crippen LogP contribution is 2.30. The Hall–Kier alpha value is -2.40. The standard InChI is InChI=1S/C17H24N4O6S/c1-27-16-7-6-14(12-15(16)21(23)24)28(25,26)20-10-8-19(9-11-20)17(22)18-13-4-2-3-5-13/h6-7,12-13H,2-5,8-11H2,1H3,(H,18,22). The molecule has 0 bridgehead atoms. The van der Waals surface area contributed by atoms with Crippen LogP contribution in [0.15, 0.2) is 23.1 Å². The fraction of sp³-hybridized carbons (Fsp3) is 0.588. The van der Waals surface area contributed by atoms with Crippen molar-refractivity contribution in [3.05, 3.63) is 28.3 Å². The lowest BCUT2D eigenvalue weighted by atomic mass is 10.2. The van der Waals surface area contributed by atoms with Gasteiger partial charge in [0.15, 0.2) is 5.75 Å². The maximum absolute atomic E-state index is 12.9. The first-order valence-corrected chi connectivity index (χ1v) is 10.6. The van der Waals surface area contributed by atoms with Gasteiger partial charge in [-0.25, -0.2) is 13.2 Å². The van der Waals surface area contributed by atoms with Gasteiger partial charge in [-0.3, -0.25) is 10.1 Å². The van der Waals surface area contributed by atoms with Crippen LogP contribution >= 0.6 is 0 Å². The van der Waals surface area contributed by atoms with Gasteiger partial charge in [0.05, 0.1) is 16.9 Å². The molecule has 2 fully saturated rings. The van der Waals surface area contributed by atoms with E-state index in [4.69, 9.17) is 4.74 Å². The molecule has 1 aromatic carbocycles. The fourth-order valence-electron chi connectivity index (χ4n) is 3.59. The number of piperazine rings is 1. The Balaban J connectivity index is 1.66. The summed E-state index contributed by atoms with van der Waals surface area (Å²) < 4.78 is 31.9. The molecule has 2 aliphatic rings. The van der Waals surface area contributed by atoms with Crippen LogP contribution in [0.1, 0.15) is 25.7 Å². The van der Waals surface area contributed by atoms with Crippen molar-refractivity contribution in [3.8, 4) is 5.75 Å². The molecule has 1 heterocycles. The van der Waals surface area contributed by atoms with E-state index in [1.165, 1.54) is 23.5 Å². The number of rotatable bonds is 5. The molecule has 1 aromatic rings. The Bertz CT molecular complexity index is 845.